The molecule has 1 fully saturated rings. The van der Waals surface area contributed by atoms with E-state index in [1.54, 1.807) is 0 Å². The van der Waals surface area contributed by atoms with E-state index in [-0.39, 0.29) is 5.91 Å². The van der Waals surface area contributed by atoms with Gasteiger partial charge < -0.3 is 30.5 Å². The summed E-state index contributed by atoms with van der Waals surface area (Å²) in [4.78, 5) is 12.1. The predicted molar refractivity (Wildman–Crippen MR) is 121 cm³/mol. The molecule has 180 valence electrons. The molecule has 1 heterocycles. The number of aliphatic hydroxyl groups is 4. The molecule has 0 bridgehead atoms. The Bertz CT molecular complexity index is 524. The van der Waals surface area contributed by atoms with Crippen LogP contribution >= 0.6 is 0 Å². The zero-order valence-electron chi connectivity index (χ0n) is 19.0. The van der Waals surface area contributed by atoms with Gasteiger partial charge in [0.1, 0.15) is 24.4 Å². The first kappa shape index (κ1) is 27.8. The van der Waals surface area contributed by atoms with E-state index in [1.165, 1.54) is 25.7 Å². The molecule has 1 rings (SSSR count). The standard InChI is InChI=1S/C24H43NO6/c1-2-3-4-5-6-7-8-9-10-11-12-13-14-15-16-17-20(27)25-21-23(29)22(28)19(18-26)31-24(21)30/h6-7,9-10,19,21-24,26,28-30H,2-5,8,11-18H2,1H3,(H,25,27)/b7-6-,10-9-/t19-,21-,22-,23-,24?/m1/s1. The molecule has 0 radical (unpaired) electrons. The summed E-state index contributed by atoms with van der Waals surface area (Å²) in [5.74, 6) is -0.299. The van der Waals surface area contributed by atoms with E-state index in [0.717, 1.165) is 44.9 Å². The van der Waals surface area contributed by atoms with Crippen molar-refractivity contribution in [2.24, 2.45) is 0 Å². The highest BCUT2D eigenvalue weighted by atomic mass is 16.6. The molecule has 0 aliphatic carbocycles. The summed E-state index contributed by atoms with van der Waals surface area (Å²) in [6.07, 6.45) is 16.1. The molecule has 1 aliphatic rings. The quantitative estimate of drug-likeness (QED) is 0.186. The van der Waals surface area contributed by atoms with Gasteiger partial charge in [-0.15, -0.1) is 0 Å². The number of amides is 1. The summed E-state index contributed by atoms with van der Waals surface area (Å²) in [5.41, 5.74) is 0. The maximum absolute atomic E-state index is 12.1. The van der Waals surface area contributed by atoms with Crippen molar-refractivity contribution in [2.45, 2.75) is 115 Å². The molecule has 1 saturated heterocycles. The molecule has 0 saturated carbocycles. The van der Waals surface area contributed by atoms with Crippen LogP contribution in [0, 0.1) is 0 Å². The number of ether oxygens (including phenoxy) is 1. The van der Waals surface area contributed by atoms with Gasteiger partial charge >= 0.3 is 0 Å². The Morgan fingerprint density at radius 1 is 0.871 bits per heavy atom. The molecule has 0 spiro atoms. The molecule has 7 heteroatoms. The highest BCUT2D eigenvalue weighted by Crippen LogP contribution is 2.20. The predicted octanol–water partition coefficient (Wildman–Crippen LogP) is 2.72. The lowest BCUT2D eigenvalue weighted by Crippen LogP contribution is -2.64. The molecule has 1 aliphatic heterocycles. The summed E-state index contributed by atoms with van der Waals surface area (Å²) >= 11 is 0. The van der Waals surface area contributed by atoms with Crippen LogP contribution < -0.4 is 5.32 Å². The van der Waals surface area contributed by atoms with Gasteiger partial charge in [-0.25, -0.2) is 0 Å². The maximum atomic E-state index is 12.1. The number of aliphatic hydroxyl groups excluding tert-OH is 4. The first-order chi connectivity index (χ1) is 15.0. The van der Waals surface area contributed by atoms with Crippen molar-refractivity contribution < 1.29 is 30.0 Å². The van der Waals surface area contributed by atoms with Crippen LogP contribution in [0.25, 0.3) is 0 Å². The summed E-state index contributed by atoms with van der Waals surface area (Å²) in [6, 6.07) is -1.11. The van der Waals surface area contributed by atoms with Crippen LogP contribution in [-0.2, 0) is 9.53 Å². The average molecular weight is 442 g/mol. The van der Waals surface area contributed by atoms with Crippen molar-refractivity contribution in [1.29, 1.82) is 0 Å². The molecule has 1 unspecified atom stereocenters. The van der Waals surface area contributed by atoms with Gasteiger partial charge in [0.2, 0.25) is 5.91 Å². The van der Waals surface area contributed by atoms with Crippen molar-refractivity contribution in [3.8, 4) is 0 Å². The van der Waals surface area contributed by atoms with Gasteiger partial charge in [0, 0.05) is 6.42 Å². The van der Waals surface area contributed by atoms with E-state index >= 15 is 0 Å². The van der Waals surface area contributed by atoms with E-state index in [0.29, 0.717) is 6.42 Å². The van der Waals surface area contributed by atoms with E-state index in [9.17, 15) is 20.1 Å². The lowest BCUT2D eigenvalue weighted by Gasteiger charge is -2.40. The number of carbonyl (C=O) groups is 1. The number of hydrogen-bond acceptors (Lipinski definition) is 6. The second-order valence-corrected chi connectivity index (χ2v) is 8.30. The molecule has 1 amide bonds. The SMILES string of the molecule is CCCCC/C=C\C/C=C\CCCCCCCC(=O)N[C@H]1C(O)O[C@H](CO)[C@@H](O)[C@@H]1O. The van der Waals surface area contributed by atoms with Crippen molar-refractivity contribution >= 4 is 5.91 Å². The Balaban J connectivity index is 2.03. The lowest BCUT2D eigenvalue weighted by molar-refractivity contribution is -0.253. The van der Waals surface area contributed by atoms with Gasteiger partial charge in [-0.2, -0.15) is 0 Å². The molecular formula is C24H43NO6. The van der Waals surface area contributed by atoms with E-state index in [2.05, 4.69) is 36.5 Å². The minimum atomic E-state index is -1.47. The Morgan fingerprint density at radius 3 is 2.13 bits per heavy atom. The molecule has 7 nitrogen and oxygen atoms in total. The minimum Gasteiger partial charge on any atom is -0.394 e. The van der Waals surface area contributed by atoms with Crippen molar-refractivity contribution in [3.63, 3.8) is 0 Å². The van der Waals surface area contributed by atoms with Crippen LogP contribution in [0.1, 0.15) is 84.0 Å². The largest absolute Gasteiger partial charge is 0.394 e. The summed E-state index contributed by atoms with van der Waals surface area (Å²) in [7, 11) is 0. The smallest absolute Gasteiger partial charge is 0.220 e. The number of unbranched alkanes of at least 4 members (excludes halogenated alkanes) is 8. The average Bonchev–Trinajstić information content (AvgIpc) is 2.76. The van der Waals surface area contributed by atoms with Crippen molar-refractivity contribution in [3.05, 3.63) is 24.3 Å². The fourth-order valence-corrected chi connectivity index (χ4v) is 3.61. The fraction of sp³-hybridized carbons (Fsp3) is 0.792. The summed E-state index contributed by atoms with van der Waals surface area (Å²) in [5, 5.41) is 41.4. The molecule has 31 heavy (non-hydrogen) atoms. The number of carbonyl (C=O) groups excluding carboxylic acids is 1. The van der Waals surface area contributed by atoms with E-state index in [4.69, 9.17) is 9.84 Å². The monoisotopic (exact) mass is 441 g/mol. The van der Waals surface area contributed by atoms with E-state index in [1.807, 2.05) is 0 Å². The van der Waals surface area contributed by atoms with Crippen LogP contribution in [-0.4, -0.2) is 63.6 Å². The molecular weight excluding hydrogens is 398 g/mol. The zero-order chi connectivity index (χ0) is 22.9. The maximum Gasteiger partial charge on any atom is 0.220 e. The molecule has 0 aromatic carbocycles. The molecule has 5 N–H and O–H groups in total. The van der Waals surface area contributed by atoms with E-state index < -0.39 is 37.3 Å². The fourth-order valence-electron chi connectivity index (χ4n) is 3.61. The van der Waals surface area contributed by atoms with Crippen LogP contribution in [0.4, 0.5) is 0 Å². The second-order valence-electron chi connectivity index (χ2n) is 8.30. The Hall–Kier alpha value is -1.25. The minimum absolute atomic E-state index is 0.292. The number of nitrogens with one attached hydrogen (secondary N) is 1. The number of allylic oxidation sites excluding steroid dienone is 4. The summed E-state index contributed by atoms with van der Waals surface area (Å²) in [6.45, 7) is 1.69. The third kappa shape index (κ3) is 11.8. The zero-order valence-corrected chi connectivity index (χ0v) is 19.0. The molecule has 0 aromatic rings. The lowest BCUT2D eigenvalue weighted by atomic mass is 9.97. The Morgan fingerprint density at radius 2 is 1.48 bits per heavy atom. The highest BCUT2D eigenvalue weighted by molar-refractivity contribution is 5.76. The van der Waals surface area contributed by atoms with Gasteiger partial charge in [0.05, 0.1) is 6.61 Å². The van der Waals surface area contributed by atoms with Gasteiger partial charge in [0.15, 0.2) is 6.29 Å². The first-order valence-electron chi connectivity index (χ1n) is 11.9. The normalized spacial score (nSPS) is 26.7. The number of hydrogen-bond donors (Lipinski definition) is 5. The molecule has 0 aromatic heterocycles. The summed E-state index contributed by atoms with van der Waals surface area (Å²) < 4.78 is 5.03. The van der Waals surface area contributed by atoms with Gasteiger partial charge in [-0.1, -0.05) is 63.3 Å². The van der Waals surface area contributed by atoms with Gasteiger partial charge in [-0.3, -0.25) is 4.79 Å². The van der Waals surface area contributed by atoms with Crippen LogP contribution in [0.15, 0.2) is 24.3 Å². The Labute approximate surface area is 187 Å². The third-order valence-corrected chi connectivity index (χ3v) is 5.58. The van der Waals surface area contributed by atoms with Crippen LogP contribution in [0.5, 0.6) is 0 Å². The third-order valence-electron chi connectivity index (χ3n) is 5.58. The van der Waals surface area contributed by atoms with Crippen LogP contribution in [0.2, 0.25) is 0 Å². The van der Waals surface area contributed by atoms with Crippen molar-refractivity contribution in [1.82, 2.24) is 5.32 Å². The van der Waals surface area contributed by atoms with Crippen LogP contribution in [0.3, 0.4) is 0 Å². The van der Waals surface area contributed by atoms with Crippen molar-refractivity contribution in [2.75, 3.05) is 6.61 Å². The van der Waals surface area contributed by atoms with Gasteiger partial charge in [-0.05, 0) is 38.5 Å². The topological polar surface area (TPSA) is 119 Å². The number of rotatable bonds is 16. The highest BCUT2D eigenvalue weighted by Gasteiger charge is 2.44. The molecule has 5 atom stereocenters. The Kier molecular flexibility index (Phi) is 15.5. The first-order valence-corrected chi connectivity index (χ1v) is 11.9. The van der Waals surface area contributed by atoms with Gasteiger partial charge in [0.25, 0.3) is 0 Å². The second kappa shape index (κ2) is 17.3.